The summed E-state index contributed by atoms with van der Waals surface area (Å²) in [5, 5.41) is 7.08. The summed E-state index contributed by atoms with van der Waals surface area (Å²) in [5.74, 6) is 0. The van der Waals surface area contributed by atoms with Gasteiger partial charge in [0, 0.05) is 27.7 Å². The number of para-hydroxylation sites is 1. The molecular formula is C63H39NO. The number of nitrogens with zero attached hydrogens (tertiary/aromatic N) is 1. The number of hydrogen-bond acceptors (Lipinski definition) is 2. The molecule has 1 spiro atoms. The molecule has 0 aliphatic heterocycles. The number of furan rings is 1. The summed E-state index contributed by atoms with van der Waals surface area (Å²) in [6.07, 6.45) is 0. The molecule has 12 aromatic rings. The zero-order valence-corrected chi connectivity index (χ0v) is 35.4. The minimum absolute atomic E-state index is 0.467. The van der Waals surface area contributed by atoms with E-state index in [1.165, 1.54) is 71.6 Å². The molecule has 2 aliphatic rings. The van der Waals surface area contributed by atoms with Crippen LogP contribution < -0.4 is 4.90 Å². The molecule has 2 aliphatic carbocycles. The van der Waals surface area contributed by atoms with E-state index in [1.54, 1.807) is 0 Å². The fourth-order valence-electron chi connectivity index (χ4n) is 11.4. The number of fused-ring (bicyclic) bond motifs is 15. The maximum absolute atomic E-state index is 6.50. The van der Waals surface area contributed by atoms with Crippen LogP contribution in [0.25, 0.3) is 88.0 Å². The van der Waals surface area contributed by atoms with E-state index in [2.05, 4.69) is 241 Å². The van der Waals surface area contributed by atoms with Gasteiger partial charge in [-0.1, -0.05) is 176 Å². The minimum atomic E-state index is -0.467. The van der Waals surface area contributed by atoms with Crippen LogP contribution in [0, 0.1) is 0 Å². The Morgan fingerprint density at radius 3 is 1.55 bits per heavy atom. The zero-order chi connectivity index (χ0) is 42.6. The molecule has 0 saturated carbocycles. The van der Waals surface area contributed by atoms with Crippen molar-refractivity contribution in [2.45, 2.75) is 5.41 Å². The Morgan fingerprint density at radius 1 is 0.292 bits per heavy atom. The number of benzene rings is 11. The molecule has 1 heterocycles. The van der Waals surface area contributed by atoms with Gasteiger partial charge in [-0.15, -0.1) is 0 Å². The highest BCUT2D eigenvalue weighted by molar-refractivity contribution is 6.11. The fraction of sp³-hybridized carbons (Fsp3) is 0.0159. The largest absolute Gasteiger partial charge is 0.456 e. The number of rotatable bonds is 5. The maximum atomic E-state index is 6.50. The second kappa shape index (κ2) is 13.8. The molecule has 0 bridgehead atoms. The van der Waals surface area contributed by atoms with Gasteiger partial charge in [-0.25, -0.2) is 0 Å². The Labute approximate surface area is 376 Å². The molecule has 0 amide bonds. The molecule has 65 heavy (non-hydrogen) atoms. The van der Waals surface area contributed by atoms with E-state index in [9.17, 15) is 0 Å². The summed E-state index contributed by atoms with van der Waals surface area (Å²) in [6, 6.07) is 87.3. The quantitative estimate of drug-likeness (QED) is 0.172. The van der Waals surface area contributed by atoms with Crippen LogP contribution in [-0.4, -0.2) is 0 Å². The Bertz CT molecular complexity index is 3860. The predicted molar refractivity (Wildman–Crippen MR) is 271 cm³/mol. The van der Waals surface area contributed by atoms with Gasteiger partial charge in [-0.2, -0.15) is 0 Å². The van der Waals surface area contributed by atoms with Gasteiger partial charge in [0.2, 0.25) is 0 Å². The first-order valence-corrected chi connectivity index (χ1v) is 22.5. The number of hydrogen-bond donors (Lipinski definition) is 0. The van der Waals surface area contributed by atoms with Gasteiger partial charge < -0.3 is 9.32 Å². The van der Waals surface area contributed by atoms with E-state index >= 15 is 0 Å². The molecule has 0 N–H and O–H groups in total. The van der Waals surface area contributed by atoms with Crippen molar-refractivity contribution in [1.29, 1.82) is 0 Å². The molecule has 2 nitrogen and oxygen atoms in total. The van der Waals surface area contributed by atoms with Crippen LogP contribution in [0.3, 0.4) is 0 Å². The fourth-order valence-corrected chi connectivity index (χ4v) is 11.4. The minimum Gasteiger partial charge on any atom is -0.456 e. The van der Waals surface area contributed by atoms with Crippen molar-refractivity contribution in [1.82, 2.24) is 0 Å². The zero-order valence-electron chi connectivity index (χ0n) is 35.4. The Balaban J connectivity index is 1.01. The summed E-state index contributed by atoms with van der Waals surface area (Å²) in [7, 11) is 0. The van der Waals surface area contributed by atoms with Gasteiger partial charge in [0.05, 0.1) is 11.1 Å². The molecule has 0 fully saturated rings. The second-order valence-electron chi connectivity index (χ2n) is 17.6. The lowest BCUT2D eigenvalue weighted by atomic mass is 9.70. The molecule has 0 saturated heterocycles. The Hall–Kier alpha value is -8.46. The predicted octanol–water partition coefficient (Wildman–Crippen LogP) is 17.0. The lowest BCUT2D eigenvalue weighted by Crippen LogP contribution is -2.26. The average Bonchev–Trinajstić information content (AvgIpc) is 3.99. The smallest absolute Gasteiger partial charge is 0.136 e. The molecule has 11 aromatic carbocycles. The van der Waals surface area contributed by atoms with Crippen molar-refractivity contribution < 1.29 is 4.42 Å². The highest BCUT2D eigenvalue weighted by Crippen LogP contribution is 2.63. The third kappa shape index (κ3) is 5.23. The van der Waals surface area contributed by atoms with Crippen molar-refractivity contribution in [3.63, 3.8) is 0 Å². The van der Waals surface area contributed by atoms with E-state index in [4.69, 9.17) is 4.42 Å². The summed E-state index contributed by atoms with van der Waals surface area (Å²) in [6.45, 7) is 0. The summed E-state index contributed by atoms with van der Waals surface area (Å²) >= 11 is 0. The van der Waals surface area contributed by atoms with Gasteiger partial charge >= 0.3 is 0 Å². The van der Waals surface area contributed by atoms with Crippen molar-refractivity contribution in [3.05, 3.63) is 259 Å². The molecule has 0 unspecified atom stereocenters. The molecule has 0 atom stereocenters. The standard InChI is InChI=1S/C63H39NO/c1-2-15-41-34-45(29-28-40(41)14-1)42-18-13-19-47(35-42)64(60-27-12-8-20-49(60)46-30-33-61-54(37-46)55-36-43-16-3-4-17-44(43)38-62(55)65-61)48-31-32-53-52-23-7-11-26-58(52)63(59(53)39-48)56-24-9-5-21-50(56)51-22-6-10-25-57(51)63/h1-39H. The van der Waals surface area contributed by atoms with E-state index in [0.717, 1.165) is 55.7 Å². The Morgan fingerprint density at radius 2 is 0.831 bits per heavy atom. The molecule has 302 valence electrons. The highest BCUT2D eigenvalue weighted by Gasteiger charge is 2.51. The highest BCUT2D eigenvalue weighted by atomic mass is 16.3. The van der Waals surface area contributed by atoms with Crippen LogP contribution in [0.2, 0.25) is 0 Å². The summed E-state index contributed by atoms with van der Waals surface area (Å²) < 4.78 is 6.50. The van der Waals surface area contributed by atoms with Crippen LogP contribution in [-0.2, 0) is 5.41 Å². The van der Waals surface area contributed by atoms with Crippen LogP contribution >= 0.6 is 0 Å². The van der Waals surface area contributed by atoms with Crippen LogP contribution in [0.5, 0.6) is 0 Å². The average molecular weight is 826 g/mol. The van der Waals surface area contributed by atoms with Gasteiger partial charge in [0.15, 0.2) is 0 Å². The van der Waals surface area contributed by atoms with Crippen LogP contribution in [0.1, 0.15) is 22.3 Å². The normalized spacial score (nSPS) is 13.0. The first-order valence-electron chi connectivity index (χ1n) is 22.5. The molecule has 1 aromatic heterocycles. The summed E-state index contributed by atoms with van der Waals surface area (Å²) in [5.41, 5.74) is 19.7. The van der Waals surface area contributed by atoms with Crippen molar-refractivity contribution in [2.24, 2.45) is 0 Å². The summed E-state index contributed by atoms with van der Waals surface area (Å²) in [4.78, 5) is 2.48. The maximum Gasteiger partial charge on any atom is 0.136 e. The molecule has 2 heteroatoms. The molecule has 14 rings (SSSR count). The van der Waals surface area contributed by atoms with Crippen molar-refractivity contribution >= 4 is 60.5 Å². The topological polar surface area (TPSA) is 16.4 Å². The van der Waals surface area contributed by atoms with Crippen LogP contribution in [0.15, 0.2) is 241 Å². The molecular weight excluding hydrogens is 787 g/mol. The molecule has 0 radical (unpaired) electrons. The first kappa shape index (κ1) is 36.1. The van der Waals surface area contributed by atoms with Crippen molar-refractivity contribution in [2.75, 3.05) is 4.90 Å². The van der Waals surface area contributed by atoms with Gasteiger partial charge in [0.25, 0.3) is 0 Å². The van der Waals surface area contributed by atoms with Crippen molar-refractivity contribution in [3.8, 4) is 44.5 Å². The number of anilines is 3. The van der Waals surface area contributed by atoms with E-state index < -0.39 is 5.41 Å². The monoisotopic (exact) mass is 825 g/mol. The van der Waals surface area contributed by atoms with E-state index in [0.29, 0.717) is 0 Å². The third-order valence-electron chi connectivity index (χ3n) is 14.2. The van der Waals surface area contributed by atoms with Gasteiger partial charge in [-0.3, -0.25) is 0 Å². The van der Waals surface area contributed by atoms with Crippen LogP contribution in [0.4, 0.5) is 17.1 Å². The SMILES string of the molecule is c1cc(-c2ccc3ccccc3c2)cc(N(c2ccc3c(c2)C2(c4ccccc4-c4ccccc42)c2ccccc2-3)c2ccccc2-c2ccc3oc4cc5ccccc5cc4c3c2)c1. The van der Waals surface area contributed by atoms with E-state index in [-0.39, 0.29) is 0 Å². The van der Waals surface area contributed by atoms with Gasteiger partial charge in [-0.05, 0) is 143 Å². The lowest BCUT2D eigenvalue weighted by Gasteiger charge is -2.33. The lowest BCUT2D eigenvalue weighted by molar-refractivity contribution is 0.669. The Kier molecular flexibility index (Phi) is 7.64. The third-order valence-corrected chi connectivity index (χ3v) is 14.2. The van der Waals surface area contributed by atoms with Gasteiger partial charge in [0.1, 0.15) is 11.2 Å². The van der Waals surface area contributed by atoms with E-state index in [1.807, 2.05) is 0 Å². The first-order chi connectivity index (χ1) is 32.2. The second-order valence-corrected chi connectivity index (χ2v) is 17.6.